The third-order valence-corrected chi connectivity index (χ3v) is 7.09. The molecule has 3 heterocycles. The van der Waals surface area contributed by atoms with Gasteiger partial charge in [-0.3, -0.25) is 19.8 Å². The summed E-state index contributed by atoms with van der Waals surface area (Å²) in [4.78, 5) is 55.0. The zero-order chi connectivity index (χ0) is 25.9. The molecule has 1 fully saturated rings. The molecule has 0 radical (unpaired) electrons. The number of anilines is 1. The van der Waals surface area contributed by atoms with Crippen molar-refractivity contribution in [3.8, 4) is 0 Å². The molecule has 0 saturated carbocycles. The van der Waals surface area contributed by atoms with E-state index in [4.69, 9.17) is 4.74 Å². The maximum atomic E-state index is 13.2. The molecule has 11 nitrogen and oxygen atoms in total. The van der Waals surface area contributed by atoms with Crippen molar-refractivity contribution in [2.24, 2.45) is 0 Å². The molecule has 192 valence electrons. The first-order chi connectivity index (χ1) is 16.5. The van der Waals surface area contributed by atoms with Gasteiger partial charge in [-0.25, -0.2) is 14.6 Å². The predicted octanol–water partition coefficient (Wildman–Crippen LogP) is -0.479. The molecular weight excluding hydrogens is 519 g/mol. The van der Waals surface area contributed by atoms with E-state index >= 15 is 0 Å². The Bertz CT molecular complexity index is 1100. The van der Waals surface area contributed by atoms with Gasteiger partial charge in [-0.2, -0.15) is 0 Å². The first-order valence-corrected chi connectivity index (χ1v) is 12.9. The van der Waals surface area contributed by atoms with Gasteiger partial charge in [0, 0.05) is 11.1 Å². The summed E-state index contributed by atoms with van der Waals surface area (Å²) in [5.41, 5.74) is -0.0682. The third kappa shape index (κ3) is 6.90. The summed E-state index contributed by atoms with van der Waals surface area (Å²) in [5.74, 6) is -2.14. The van der Waals surface area contributed by atoms with Crippen LogP contribution in [0.1, 0.15) is 47.7 Å². The monoisotopic (exact) mass is 548 g/mol. The Morgan fingerprint density at radius 3 is 2.64 bits per heavy atom. The minimum absolute atomic E-state index is 0. The zero-order valence-corrected chi connectivity index (χ0v) is 24.4. The summed E-state index contributed by atoms with van der Waals surface area (Å²) >= 11 is 2.40. The number of nitrogens with one attached hydrogen (secondary N) is 2. The van der Waals surface area contributed by atoms with Crippen molar-refractivity contribution < 1.29 is 65.1 Å². The number of aliphatic hydroxyl groups excluding tert-OH is 1. The van der Waals surface area contributed by atoms with E-state index in [1.54, 1.807) is 32.2 Å². The Morgan fingerprint density at radius 2 is 2.06 bits per heavy atom. The van der Waals surface area contributed by atoms with Gasteiger partial charge in [0.2, 0.25) is 0 Å². The van der Waals surface area contributed by atoms with Crippen molar-refractivity contribution >= 4 is 57.7 Å². The van der Waals surface area contributed by atoms with Crippen molar-refractivity contribution in [1.29, 1.82) is 0 Å². The number of thioether (sulfide) groups is 1. The predicted molar refractivity (Wildman–Crippen MR) is 133 cm³/mol. The summed E-state index contributed by atoms with van der Waals surface area (Å²) in [6.45, 7) is 6.71. The van der Waals surface area contributed by atoms with Gasteiger partial charge in [0.1, 0.15) is 22.7 Å². The van der Waals surface area contributed by atoms with Crippen molar-refractivity contribution in [2.75, 3.05) is 17.7 Å². The van der Waals surface area contributed by atoms with Crippen LogP contribution in [-0.2, 0) is 19.1 Å². The summed E-state index contributed by atoms with van der Waals surface area (Å²) in [7, 11) is 0. The largest absolute Gasteiger partial charge is 1.00 e. The maximum absolute atomic E-state index is 13.2. The van der Waals surface area contributed by atoms with Crippen molar-refractivity contribution in [3.63, 3.8) is 0 Å². The average molecular weight is 549 g/mol. The molecule has 0 spiro atoms. The van der Waals surface area contributed by atoms with Crippen LogP contribution in [0.3, 0.4) is 0 Å². The van der Waals surface area contributed by atoms with Crippen LogP contribution in [0.15, 0.2) is 22.7 Å². The van der Waals surface area contributed by atoms with E-state index in [0.717, 1.165) is 22.7 Å². The summed E-state index contributed by atoms with van der Waals surface area (Å²) in [5, 5.41) is 25.5. The number of carbonyl (C=O) groups is 4. The van der Waals surface area contributed by atoms with Crippen LogP contribution in [0, 0.1) is 0 Å². The molecule has 2 atom stereocenters. The fourth-order valence-electron chi connectivity index (χ4n) is 3.47. The average Bonchev–Trinajstić information content (AvgIpc) is 3.22. The summed E-state index contributed by atoms with van der Waals surface area (Å²) in [6, 6.07) is -0.912. The van der Waals surface area contributed by atoms with Crippen LogP contribution in [0.25, 0.3) is 5.57 Å². The molecule has 3 rings (SSSR count). The number of unbranched alkanes of at least 4 members (excludes halogenated alkanes) is 1. The molecule has 1 aromatic rings. The Morgan fingerprint density at radius 1 is 1.36 bits per heavy atom. The van der Waals surface area contributed by atoms with Gasteiger partial charge < -0.3 is 21.7 Å². The van der Waals surface area contributed by atoms with Gasteiger partial charge >= 0.3 is 41.6 Å². The number of hydrogen-bond acceptors (Lipinski definition) is 9. The molecule has 36 heavy (non-hydrogen) atoms. The summed E-state index contributed by atoms with van der Waals surface area (Å²) in [6.07, 6.45) is 2.41. The molecular formula is C22H29N4NaO7S2. The van der Waals surface area contributed by atoms with E-state index < -0.39 is 47.5 Å². The second-order valence-corrected chi connectivity index (χ2v) is 10.8. The molecule has 2 aliphatic rings. The fourth-order valence-corrected chi connectivity index (χ4v) is 5.50. The number of rotatable bonds is 8. The normalized spacial score (nSPS) is 19.6. The maximum Gasteiger partial charge on any atom is 1.00 e. The third-order valence-electron chi connectivity index (χ3n) is 5.00. The van der Waals surface area contributed by atoms with Crippen LogP contribution >= 0.6 is 23.1 Å². The number of aliphatic hydroxyl groups is 1. The number of fused-ring (bicyclic) bond motifs is 1. The number of carboxylic acid groups (broad SMARTS) is 1. The minimum Gasteiger partial charge on any atom is -1.00 e. The van der Waals surface area contributed by atoms with Crippen LogP contribution in [0.2, 0.25) is 0 Å². The second kappa shape index (κ2) is 12.6. The number of allylic oxidation sites excluding steroid dienone is 1. The van der Waals surface area contributed by atoms with Gasteiger partial charge in [0.25, 0.3) is 11.8 Å². The van der Waals surface area contributed by atoms with Crippen molar-refractivity contribution in [2.45, 2.75) is 57.6 Å². The van der Waals surface area contributed by atoms with Gasteiger partial charge in [0.05, 0.1) is 17.9 Å². The van der Waals surface area contributed by atoms with Gasteiger partial charge in [0.15, 0.2) is 5.13 Å². The smallest absolute Gasteiger partial charge is 1.00 e. The van der Waals surface area contributed by atoms with E-state index in [9.17, 15) is 29.4 Å². The van der Waals surface area contributed by atoms with Gasteiger partial charge in [-0.05, 0) is 32.8 Å². The molecule has 0 aromatic carbocycles. The standard InChI is InChI=1S/C22H28N4O7S2.Na.H/c1-5-6-7-12(13-10-35-20(23-13)25-21(32)33-22(2,3)4)16(28)24-14-17(29)26-15(19(30)31)11(8-27)9-34-18(14)26;;/h7,10,14,18,27H,5-6,8-9H2,1-4H3,(H,24,28)(H,30,31)(H,23,25,32);;/q;+1;-1/b12-7+;;/t14-,18-;;/m1../s1. The fraction of sp³-hybridized carbons (Fsp3) is 0.500. The van der Waals surface area contributed by atoms with Crippen LogP contribution < -0.4 is 40.2 Å². The Balaban J connectivity index is 0.00000342. The van der Waals surface area contributed by atoms with Crippen LogP contribution in [-0.4, -0.2) is 73.4 Å². The number of hydrogen-bond donors (Lipinski definition) is 4. The molecule has 0 bridgehead atoms. The van der Waals surface area contributed by atoms with E-state index in [0.29, 0.717) is 12.1 Å². The second-order valence-electron chi connectivity index (χ2n) is 8.85. The van der Waals surface area contributed by atoms with Crippen LogP contribution in [0.4, 0.5) is 9.93 Å². The number of β-lactam (4-membered cyclic amide) rings is 1. The molecule has 2 aliphatic heterocycles. The van der Waals surface area contributed by atoms with Crippen molar-refractivity contribution in [3.05, 3.63) is 28.4 Å². The molecule has 0 unspecified atom stereocenters. The number of aliphatic carboxylic acids is 1. The van der Waals surface area contributed by atoms with Gasteiger partial charge in [-0.15, -0.1) is 23.1 Å². The molecule has 3 amide bonds. The Hall–Kier alpha value is -1.90. The Labute approximate surface area is 240 Å². The molecule has 1 saturated heterocycles. The van der Waals surface area contributed by atoms with Crippen LogP contribution in [0.5, 0.6) is 0 Å². The van der Waals surface area contributed by atoms with E-state index in [1.165, 1.54) is 11.8 Å². The first kappa shape index (κ1) is 30.3. The number of ether oxygens (including phenoxy) is 1. The number of carboxylic acids is 1. The van der Waals surface area contributed by atoms with Crippen molar-refractivity contribution in [1.82, 2.24) is 15.2 Å². The quantitative estimate of drug-likeness (QED) is 0.191. The number of amides is 3. The molecule has 0 aliphatic carbocycles. The Kier molecular flexibility index (Phi) is 10.6. The molecule has 4 N–H and O–H groups in total. The van der Waals surface area contributed by atoms with E-state index in [-0.39, 0.29) is 58.7 Å². The molecule has 1 aromatic heterocycles. The number of aromatic nitrogens is 1. The van der Waals surface area contributed by atoms with Gasteiger partial charge in [-0.1, -0.05) is 19.4 Å². The van der Waals surface area contributed by atoms with E-state index in [2.05, 4.69) is 15.6 Å². The zero-order valence-electron chi connectivity index (χ0n) is 21.8. The minimum atomic E-state index is -1.30. The number of carbonyl (C=O) groups excluding carboxylic acids is 3. The molecule has 14 heteroatoms. The number of nitrogens with zero attached hydrogens (tertiary/aromatic N) is 2. The van der Waals surface area contributed by atoms with E-state index in [1.807, 2.05) is 6.92 Å². The number of thiazole rings is 1. The summed E-state index contributed by atoms with van der Waals surface area (Å²) < 4.78 is 5.22. The topological polar surface area (TPSA) is 158 Å². The first-order valence-electron chi connectivity index (χ1n) is 10.9. The SMILES string of the molecule is CCC/C=C(/C(=O)N[C@@H]1C(=O)N2C(C(=O)O)=C(CO)CS[C@H]12)c1csc(NC(=O)OC(C)(C)C)n1.[H-].[Na+].